The molecule has 114 valence electrons. The van der Waals surface area contributed by atoms with Crippen LogP contribution in [0.4, 0.5) is 4.79 Å². The Labute approximate surface area is 119 Å². The van der Waals surface area contributed by atoms with E-state index >= 15 is 0 Å². The molecule has 0 bridgehead atoms. The summed E-state index contributed by atoms with van der Waals surface area (Å²) in [5.74, 6) is 0. The maximum atomic E-state index is 12.0. The molecule has 6 heteroatoms. The second-order valence-electron chi connectivity index (χ2n) is 5.87. The quantitative estimate of drug-likeness (QED) is 0.797. The Morgan fingerprint density at radius 1 is 1.45 bits per heavy atom. The van der Waals surface area contributed by atoms with Crippen molar-refractivity contribution in [2.45, 2.75) is 51.9 Å². The van der Waals surface area contributed by atoms with Gasteiger partial charge in [0.15, 0.2) is 6.29 Å². The van der Waals surface area contributed by atoms with Gasteiger partial charge in [-0.1, -0.05) is 0 Å². The topological polar surface area (TPSA) is 57.2 Å². The van der Waals surface area contributed by atoms with E-state index in [-0.39, 0.29) is 12.9 Å². The molecule has 0 spiro atoms. The van der Waals surface area contributed by atoms with Crippen molar-refractivity contribution in [3.63, 3.8) is 0 Å². The predicted octanol–water partition coefficient (Wildman–Crippen LogP) is 2.60. The van der Waals surface area contributed by atoms with Gasteiger partial charge in [0, 0.05) is 6.61 Å². The lowest BCUT2D eigenvalue weighted by Gasteiger charge is -2.26. The van der Waals surface area contributed by atoms with Crippen molar-refractivity contribution in [1.82, 2.24) is 5.06 Å². The maximum absolute atomic E-state index is 12.0. The summed E-state index contributed by atoms with van der Waals surface area (Å²) in [6.45, 7) is 6.81. The summed E-state index contributed by atoms with van der Waals surface area (Å²) >= 11 is 0. The molecule has 1 fully saturated rings. The normalized spacial score (nSPS) is 23.6. The van der Waals surface area contributed by atoms with Gasteiger partial charge in [0.25, 0.3) is 0 Å². The highest BCUT2D eigenvalue weighted by Crippen LogP contribution is 2.20. The number of hydrogen-bond acceptors (Lipinski definition) is 5. The minimum atomic E-state index is -0.554. The van der Waals surface area contributed by atoms with Crippen LogP contribution in [0.15, 0.2) is 11.8 Å². The van der Waals surface area contributed by atoms with E-state index in [1.807, 2.05) is 26.8 Å². The van der Waals surface area contributed by atoms with Crippen molar-refractivity contribution in [2.24, 2.45) is 0 Å². The number of hydrogen-bond donors (Lipinski definition) is 0. The highest BCUT2D eigenvalue weighted by Gasteiger charge is 2.29. The van der Waals surface area contributed by atoms with Gasteiger partial charge in [-0.05, 0) is 46.1 Å². The molecule has 2 aliphatic rings. The zero-order valence-electron chi connectivity index (χ0n) is 12.4. The molecule has 2 heterocycles. The molecule has 0 radical (unpaired) electrons. The molecular formula is C14H23NO5. The molecule has 0 aliphatic carbocycles. The number of amides is 1. The summed E-state index contributed by atoms with van der Waals surface area (Å²) in [5.41, 5.74) is 0.106. The van der Waals surface area contributed by atoms with Gasteiger partial charge in [-0.25, -0.2) is 4.79 Å². The molecule has 0 aromatic rings. The Hall–Kier alpha value is -1.11. The van der Waals surface area contributed by atoms with Crippen molar-refractivity contribution >= 4 is 6.09 Å². The monoisotopic (exact) mass is 285 g/mol. The molecule has 6 nitrogen and oxygen atoms in total. The SMILES string of the molecule is CC(C)(C)OC(=O)N1OCC=C1COC1CCCCO1. The average molecular weight is 285 g/mol. The molecule has 1 atom stereocenters. The largest absolute Gasteiger partial charge is 0.442 e. The molecule has 1 amide bonds. The van der Waals surface area contributed by atoms with Crippen molar-refractivity contribution < 1.29 is 23.8 Å². The van der Waals surface area contributed by atoms with E-state index in [0.717, 1.165) is 30.9 Å². The molecule has 0 aromatic carbocycles. The summed E-state index contributed by atoms with van der Waals surface area (Å²) in [7, 11) is 0. The van der Waals surface area contributed by atoms with Gasteiger partial charge in [-0.2, -0.15) is 5.06 Å². The van der Waals surface area contributed by atoms with E-state index in [2.05, 4.69) is 0 Å². The van der Waals surface area contributed by atoms with Crippen LogP contribution in [-0.2, 0) is 19.0 Å². The van der Waals surface area contributed by atoms with Crippen LogP contribution < -0.4 is 0 Å². The first kappa shape index (κ1) is 15.3. The fraction of sp³-hybridized carbons (Fsp3) is 0.786. The van der Waals surface area contributed by atoms with Crippen LogP contribution in [0.3, 0.4) is 0 Å². The van der Waals surface area contributed by atoms with Gasteiger partial charge < -0.3 is 14.2 Å². The summed E-state index contributed by atoms with van der Waals surface area (Å²) in [6, 6.07) is 0. The Morgan fingerprint density at radius 2 is 2.25 bits per heavy atom. The maximum Gasteiger partial charge on any atom is 0.439 e. The summed E-state index contributed by atoms with van der Waals surface area (Å²) in [4.78, 5) is 17.2. The van der Waals surface area contributed by atoms with Crippen molar-refractivity contribution in [1.29, 1.82) is 0 Å². The van der Waals surface area contributed by atoms with E-state index in [1.165, 1.54) is 0 Å². The summed E-state index contributed by atoms with van der Waals surface area (Å²) < 4.78 is 16.4. The average Bonchev–Trinajstić information content (AvgIpc) is 2.84. The minimum absolute atomic E-state index is 0.189. The lowest BCUT2D eigenvalue weighted by atomic mass is 10.2. The molecule has 1 unspecified atom stereocenters. The lowest BCUT2D eigenvalue weighted by Crippen LogP contribution is -2.35. The zero-order valence-corrected chi connectivity index (χ0v) is 12.4. The molecule has 20 heavy (non-hydrogen) atoms. The fourth-order valence-corrected chi connectivity index (χ4v) is 1.99. The Balaban J connectivity index is 1.82. The van der Waals surface area contributed by atoms with E-state index < -0.39 is 11.7 Å². The van der Waals surface area contributed by atoms with Gasteiger partial charge in [0.05, 0.1) is 18.9 Å². The van der Waals surface area contributed by atoms with Crippen LogP contribution in [0, 0.1) is 0 Å². The standard InChI is InChI=1S/C14H23NO5/c1-14(2,3)20-13(16)15-11(7-9-19-15)10-18-12-6-4-5-8-17-12/h7,12H,4-6,8-10H2,1-3H3. The third-order valence-corrected chi connectivity index (χ3v) is 2.90. The third kappa shape index (κ3) is 4.47. The number of nitrogens with zero attached hydrogens (tertiary/aromatic N) is 1. The van der Waals surface area contributed by atoms with E-state index in [0.29, 0.717) is 12.3 Å². The molecule has 0 saturated carbocycles. The summed E-state index contributed by atoms with van der Waals surface area (Å²) in [6.07, 6.45) is 4.18. The lowest BCUT2D eigenvalue weighted by molar-refractivity contribution is -0.167. The highest BCUT2D eigenvalue weighted by molar-refractivity contribution is 5.69. The van der Waals surface area contributed by atoms with Crippen LogP contribution in [0.25, 0.3) is 0 Å². The highest BCUT2D eigenvalue weighted by atomic mass is 16.7. The van der Waals surface area contributed by atoms with Gasteiger partial charge in [-0.3, -0.25) is 4.84 Å². The van der Waals surface area contributed by atoms with Crippen molar-refractivity contribution in [2.75, 3.05) is 19.8 Å². The Kier molecular flexibility index (Phi) is 5.01. The first-order chi connectivity index (χ1) is 9.46. The van der Waals surface area contributed by atoms with Crippen LogP contribution in [0.2, 0.25) is 0 Å². The molecule has 2 rings (SSSR count). The van der Waals surface area contributed by atoms with E-state index in [4.69, 9.17) is 19.0 Å². The van der Waals surface area contributed by atoms with Crippen LogP contribution in [0.1, 0.15) is 40.0 Å². The molecule has 0 N–H and O–H groups in total. The Morgan fingerprint density at radius 3 is 2.90 bits per heavy atom. The fourth-order valence-electron chi connectivity index (χ4n) is 1.99. The second-order valence-corrected chi connectivity index (χ2v) is 5.87. The predicted molar refractivity (Wildman–Crippen MR) is 71.7 cm³/mol. The zero-order chi connectivity index (χ0) is 14.6. The number of carbonyl (C=O) groups excluding carboxylic acids is 1. The van der Waals surface area contributed by atoms with Crippen LogP contribution in [0.5, 0.6) is 0 Å². The number of hydroxylamine groups is 2. The first-order valence-electron chi connectivity index (χ1n) is 7.04. The van der Waals surface area contributed by atoms with Gasteiger partial charge in [0.1, 0.15) is 5.60 Å². The number of carbonyl (C=O) groups is 1. The third-order valence-electron chi connectivity index (χ3n) is 2.90. The van der Waals surface area contributed by atoms with Crippen molar-refractivity contribution in [3.05, 3.63) is 11.8 Å². The Bertz CT molecular complexity index is 368. The number of ether oxygens (including phenoxy) is 3. The first-order valence-corrected chi connectivity index (χ1v) is 7.04. The van der Waals surface area contributed by atoms with Gasteiger partial charge in [0.2, 0.25) is 0 Å². The van der Waals surface area contributed by atoms with Crippen LogP contribution in [-0.4, -0.2) is 42.9 Å². The molecule has 1 saturated heterocycles. The molecule has 0 aromatic heterocycles. The second kappa shape index (κ2) is 6.56. The minimum Gasteiger partial charge on any atom is -0.442 e. The van der Waals surface area contributed by atoms with Crippen LogP contribution >= 0.6 is 0 Å². The van der Waals surface area contributed by atoms with Gasteiger partial charge >= 0.3 is 6.09 Å². The summed E-state index contributed by atoms with van der Waals surface area (Å²) in [5, 5.41) is 1.16. The van der Waals surface area contributed by atoms with E-state index in [9.17, 15) is 4.79 Å². The van der Waals surface area contributed by atoms with Crippen molar-refractivity contribution in [3.8, 4) is 0 Å². The number of rotatable bonds is 3. The molecule has 2 aliphatic heterocycles. The van der Waals surface area contributed by atoms with E-state index in [1.54, 1.807) is 0 Å². The van der Waals surface area contributed by atoms with Gasteiger partial charge in [-0.15, -0.1) is 0 Å². The molecular weight excluding hydrogens is 262 g/mol. The smallest absolute Gasteiger partial charge is 0.439 e.